The third-order valence-electron chi connectivity index (χ3n) is 6.68. The molecule has 1 aliphatic carbocycles. The number of nitrogens with zero attached hydrogens (tertiary/aromatic N) is 3. The van der Waals surface area contributed by atoms with Gasteiger partial charge in [-0.15, -0.1) is 0 Å². The van der Waals surface area contributed by atoms with E-state index in [2.05, 4.69) is 33.0 Å². The number of hydrogen-bond acceptors (Lipinski definition) is 3. The topological polar surface area (TPSA) is 19.4 Å². The van der Waals surface area contributed by atoms with E-state index in [0.29, 0.717) is 0 Å². The first-order valence-electron chi connectivity index (χ1n) is 11.5. The van der Waals surface area contributed by atoms with Crippen molar-refractivity contribution in [3.63, 3.8) is 0 Å². The molecular formula is C26H34FN3. The molecule has 1 saturated heterocycles. The molecule has 2 fully saturated rings. The van der Waals surface area contributed by atoms with Gasteiger partial charge < -0.3 is 4.90 Å². The number of rotatable bonds is 8. The van der Waals surface area contributed by atoms with E-state index >= 15 is 0 Å². The van der Waals surface area contributed by atoms with E-state index in [1.807, 2.05) is 30.6 Å². The van der Waals surface area contributed by atoms with Crippen LogP contribution in [0.5, 0.6) is 0 Å². The summed E-state index contributed by atoms with van der Waals surface area (Å²) in [6.45, 7) is 5.48. The molecule has 4 heteroatoms. The van der Waals surface area contributed by atoms with Gasteiger partial charge in [-0.2, -0.15) is 0 Å². The van der Waals surface area contributed by atoms with Crippen LogP contribution in [-0.2, 0) is 6.54 Å². The zero-order chi connectivity index (χ0) is 20.6. The van der Waals surface area contributed by atoms with Gasteiger partial charge in [0.2, 0.25) is 0 Å². The Morgan fingerprint density at radius 3 is 2.50 bits per heavy atom. The summed E-state index contributed by atoms with van der Waals surface area (Å²) in [5, 5.41) is 0. The number of hydrogen-bond donors (Lipinski definition) is 0. The lowest BCUT2D eigenvalue weighted by Crippen LogP contribution is -2.42. The van der Waals surface area contributed by atoms with E-state index in [4.69, 9.17) is 0 Å². The molecule has 30 heavy (non-hydrogen) atoms. The van der Waals surface area contributed by atoms with Crippen LogP contribution >= 0.6 is 0 Å². The molecular weight excluding hydrogens is 373 g/mol. The van der Waals surface area contributed by atoms with E-state index in [1.54, 1.807) is 0 Å². The molecule has 4 rings (SSSR count). The second kappa shape index (κ2) is 10.8. The Morgan fingerprint density at radius 2 is 1.80 bits per heavy atom. The van der Waals surface area contributed by atoms with E-state index < -0.39 is 0 Å². The summed E-state index contributed by atoms with van der Waals surface area (Å²) in [4.78, 5) is 9.58. The normalized spacial score (nSPS) is 19.3. The summed E-state index contributed by atoms with van der Waals surface area (Å²) >= 11 is 0. The van der Waals surface area contributed by atoms with Crippen molar-refractivity contribution in [2.45, 2.75) is 51.1 Å². The highest BCUT2D eigenvalue weighted by atomic mass is 19.1. The molecule has 2 aromatic rings. The van der Waals surface area contributed by atoms with Gasteiger partial charge >= 0.3 is 0 Å². The van der Waals surface area contributed by atoms with Crippen molar-refractivity contribution in [3.05, 3.63) is 71.8 Å². The Balaban J connectivity index is 1.33. The largest absolute Gasteiger partial charge is 0.300 e. The van der Waals surface area contributed by atoms with Crippen LogP contribution in [0.4, 0.5) is 4.39 Å². The van der Waals surface area contributed by atoms with Crippen molar-refractivity contribution < 1.29 is 4.39 Å². The number of benzene rings is 1. The van der Waals surface area contributed by atoms with Gasteiger partial charge in [0, 0.05) is 38.1 Å². The number of pyridine rings is 1. The zero-order valence-corrected chi connectivity index (χ0v) is 17.9. The minimum absolute atomic E-state index is 0.186. The maximum Gasteiger partial charge on any atom is 0.123 e. The van der Waals surface area contributed by atoms with Crippen molar-refractivity contribution in [2.24, 2.45) is 5.92 Å². The summed E-state index contributed by atoms with van der Waals surface area (Å²) in [7, 11) is 0. The fourth-order valence-corrected chi connectivity index (χ4v) is 5.00. The molecule has 1 saturated carbocycles. The van der Waals surface area contributed by atoms with Gasteiger partial charge in [0.05, 0.1) is 0 Å². The predicted molar refractivity (Wildman–Crippen MR) is 122 cm³/mol. The fraction of sp³-hybridized carbons (Fsp3) is 0.500. The fourth-order valence-electron chi connectivity index (χ4n) is 5.00. The molecule has 3 nitrogen and oxygen atoms in total. The summed E-state index contributed by atoms with van der Waals surface area (Å²) in [6.07, 6.45) is 16.4. The summed E-state index contributed by atoms with van der Waals surface area (Å²) in [5.74, 6) is 0.577. The van der Waals surface area contributed by atoms with Gasteiger partial charge in [0.1, 0.15) is 5.82 Å². The van der Waals surface area contributed by atoms with E-state index in [-0.39, 0.29) is 5.82 Å². The molecule has 0 atom stereocenters. The summed E-state index contributed by atoms with van der Waals surface area (Å²) in [6, 6.07) is 11.7. The van der Waals surface area contributed by atoms with Crippen molar-refractivity contribution in [2.75, 3.05) is 26.2 Å². The van der Waals surface area contributed by atoms with Crippen molar-refractivity contribution in [1.82, 2.24) is 14.8 Å². The molecule has 2 heterocycles. The number of aromatic nitrogens is 1. The molecule has 0 bridgehead atoms. The minimum atomic E-state index is -0.186. The van der Waals surface area contributed by atoms with Gasteiger partial charge in [0.15, 0.2) is 0 Å². The Hall–Kier alpha value is -2.04. The first-order chi connectivity index (χ1) is 14.8. The lowest BCUT2D eigenvalue weighted by molar-refractivity contribution is 0.112. The van der Waals surface area contributed by atoms with Crippen LogP contribution in [0.3, 0.4) is 0 Å². The summed E-state index contributed by atoms with van der Waals surface area (Å²) < 4.78 is 13.1. The maximum atomic E-state index is 13.1. The third-order valence-corrected chi connectivity index (χ3v) is 6.68. The molecule has 0 amide bonds. The van der Waals surface area contributed by atoms with Crippen LogP contribution in [0, 0.1) is 11.7 Å². The highest BCUT2D eigenvalue weighted by molar-refractivity contribution is 5.48. The Labute approximate surface area is 180 Å². The SMILES string of the molecule is Fc1ccc(C=CCN(Cc2cccnc2)CC2CCN(C3CCCC3)CC2)cc1. The van der Waals surface area contributed by atoms with Crippen molar-refractivity contribution in [3.8, 4) is 0 Å². The maximum absolute atomic E-state index is 13.1. The van der Waals surface area contributed by atoms with E-state index in [1.165, 1.54) is 69.3 Å². The van der Waals surface area contributed by atoms with Gasteiger partial charge in [0.25, 0.3) is 0 Å². The Morgan fingerprint density at radius 1 is 1.03 bits per heavy atom. The quantitative estimate of drug-likeness (QED) is 0.585. The average Bonchev–Trinajstić information content (AvgIpc) is 3.31. The first kappa shape index (κ1) is 21.2. The Bertz CT molecular complexity index is 776. The van der Waals surface area contributed by atoms with Crippen LogP contribution in [0.25, 0.3) is 6.08 Å². The molecule has 0 spiro atoms. The lowest BCUT2D eigenvalue weighted by atomic mass is 9.94. The molecule has 0 N–H and O–H groups in total. The average molecular weight is 408 g/mol. The third kappa shape index (κ3) is 6.23. The number of piperidine rings is 1. The monoisotopic (exact) mass is 407 g/mol. The van der Waals surface area contributed by atoms with Crippen LogP contribution in [-0.4, -0.2) is 47.0 Å². The van der Waals surface area contributed by atoms with Gasteiger partial charge in [-0.25, -0.2) is 4.39 Å². The van der Waals surface area contributed by atoms with Crippen molar-refractivity contribution >= 4 is 6.08 Å². The van der Waals surface area contributed by atoms with Crippen molar-refractivity contribution in [1.29, 1.82) is 0 Å². The van der Waals surface area contributed by atoms with Gasteiger partial charge in [-0.05, 0) is 74.0 Å². The highest BCUT2D eigenvalue weighted by Crippen LogP contribution is 2.28. The lowest BCUT2D eigenvalue weighted by Gasteiger charge is -2.37. The standard InChI is InChI=1S/C26H34FN3/c27-25-11-9-22(10-12-25)6-4-16-29(21-24-5-3-15-28-19-24)20-23-13-17-30(18-14-23)26-7-1-2-8-26/h3-6,9-12,15,19,23,26H,1-2,7-8,13-14,16-18,20-21H2. The second-order valence-corrected chi connectivity index (χ2v) is 8.93. The number of halogens is 1. The molecule has 160 valence electrons. The molecule has 1 aromatic carbocycles. The molecule has 1 aromatic heterocycles. The van der Waals surface area contributed by atoms with Gasteiger partial charge in [-0.3, -0.25) is 9.88 Å². The van der Waals surface area contributed by atoms with Gasteiger partial charge in [-0.1, -0.05) is 43.2 Å². The smallest absolute Gasteiger partial charge is 0.123 e. The summed E-state index contributed by atoms with van der Waals surface area (Å²) in [5.41, 5.74) is 2.30. The molecule has 2 aliphatic rings. The molecule has 0 unspecified atom stereocenters. The molecule has 0 radical (unpaired) electrons. The van der Waals surface area contributed by atoms with E-state index in [9.17, 15) is 4.39 Å². The Kier molecular flexibility index (Phi) is 7.65. The van der Waals surface area contributed by atoms with E-state index in [0.717, 1.165) is 37.2 Å². The highest BCUT2D eigenvalue weighted by Gasteiger charge is 2.27. The second-order valence-electron chi connectivity index (χ2n) is 8.93. The molecule has 1 aliphatic heterocycles. The van der Waals surface area contributed by atoms with Crippen LogP contribution in [0.15, 0.2) is 54.9 Å². The van der Waals surface area contributed by atoms with Crippen LogP contribution < -0.4 is 0 Å². The minimum Gasteiger partial charge on any atom is -0.300 e. The van der Waals surface area contributed by atoms with Crippen LogP contribution in [0.1, 0.15) is 49.7 Å². The number of likely N-dealkylation sites (tertiary alicyclic amines) is 1. The predicted octanol–water partition coefficient (Wildman–Crippen LogP) is 5.39. The van der Waals surface area contributed by atoms with Crippen LogP contribution in [0.2, 0.25) is 0 Å². The zero-order valence-electron chi connectivity index (χ0n) is 17.9. The first-order valence-corrected chi connectivity index (χ1v) is 11.5.